The molecule has 0 unspecified atom stereocenters. The topological polar surface area (TPSA) is 61.7 Å². The molecule has 266 valence electrons. The Labute approximate surface area is 333 Å². The van der Waals surface area contributed by atoms with E-state index in [2.05, 4.69) is 77.4 Å². The fraction of sp³-hybridized carbons (Fsp3) is 0. The number of benzene rings is 8. The number of hydrogen-bond acceptors (Lipinski definition) is 4. The van der Waals surface area contributed by atoms with Gasteiger partial charge in [-0.05, 0) is 53.6 Å². The van der Waals surface area contributed by atoms with E-state index in [0.717, 1.165) is 71.2 Å². The maximum Gasteiger partial charge on any atom is 0.238 e. The van der Waals surface area contributed by atoms with Crippen LogP contribution < -0.4 is 0 Å². The van der Waals surface area contributed by atoms with E-state index in [1.54, 1.807) is 0 Å². The van der Waals surface area contributed by atoms with Gasteiger partial charge in [0.2, 0.25) is 5.95 Å². The molecule has 0 saturated heterocycles. The third kappa shape index (κ3) is 4.81. The Kier molecular flexibility index (Phi) is 5.82. The standard InChI is InChI=1S/C51H31N5O/c1-3-15-32(16-4-1)34-29-30-38-37-21-7-10-24-41(37)55(45(38)31-34)44-27-14-28-46-47(44)39-22-13-23-40(48(39)57-46)50-52-49(33-17-5-2-6-18-33)53-51(54-50)56-42-25-11-8-19-35(42)36-20-9-12-26-43(36)56/h1-31H/i2D,5D,6D,17D,18D. The van der Waals surface area contributed by atoms with Crippen LogP contribution in [0, 0.1) is 0 Å². The van der Waals surface area contributed by atoms with Gasteiger partial charge in [0.05, 0.1) is 45.6 Å². The van der Waals surface area contributed by atoms with E-state index < -0.39 is 30.2 Å². The van der Waals surface area contributed by atoms with Crippen molar-refractivity contribution in [2.45, 2.75) is 0 Å². The summed E-state index contributed by atoms with van der Waals surface area (Å²) in [5.74, 6) is 0.383. The van der Waals surface area contributed by atoms with Gasteiger partial charge in [-0.15, -0.1) is 0 Å². The number of furan rings is 1. The zero-order valence-electron chi connectivity index (χ0n) is 35.2. The van der Waals surface area contributed by atoms with Crippen LogP contribution in [0.5, 0.6) is 0 Å². The lowest BCUT2D eigenvalue weighted by molar-refractivity contribution is 0.669. The lowest BCUT2D eigenvalue weighted by Crippen LogP contribution is -2.06. The second-order valence-electron chi connectivity index (χ2n) is 14.0. The van der Waals surface area contributed by atoms with Gasteiger partial charge >= 0.3 is 0 Å². The van der Waals surface area contributed by atoms with Crippen LogP contribution in [0.4, 0.5) is 0 Å². The molecule has 4 aromatic heterocycles. The summed E-state index contributed by atoms with van der Waals surface area (Å²) < 4.78 is 54.2. The molecule has 0 radical (unpaired) electrons. The molecule has 8 aromatic carbocycles. The van der Waals surface area contributed by atoms with Crippen LogP contribution in [0.25, 0.3) is 111 Å². The average Bonchev–Trinajstić information content (AvgIpc) is 3.98. The number of para-hydroxylation sites is 4. The molecule has 0 amide bonds. The lowest BCUT2D eigenvalue weighted by Gasteiger charge is -2.11. The summed E-state index contributed by atoms with van der Waals surface area (Å²) in [5, 5.41) is 5.98. The predicted molar refractivity (Wildman–Crippen MR) is 232 cm³/mol. The van der Waals surface area contributed by atoms with Gasteiger partial charge in [-0.2, -0.15) is 9.97 Å². The van der Waals surface area contributed by atoms with Gasteiger partial charge in [0, 0.05) is 32.5 Å². The second kappa shape index (κ2) is 12.3. The highest BCUT2D eigenvalue weighted by atomic mass is 16.3. The van der Waals surface area contributed by atoms with E-state index >= 15 is 0 Å². The van der Waals surface area contributed by atoms with Gasteiger partial charge in [-0.25, -0.2) is 4.98 Å². The van der Waals surface area contributed by atoms with Gasteiger partial charge in [-0.1, -0.05) is 145 Å². The summed E-state index contributed by atoms with van der Waals surface area (Å²) in [5.41, 5.74) is 8.60. The molecular weight excluding hydrogens is 699 g/mol. The molecule has 12 aromatic rings. The minimum atomic E-state index is -0.497. The van der Waals surface area contributed by atoms with Crippen LogP contribution in [0.2, 0.25) is 0 Å². The number of nitrogens with zero attached hydrogens (tertiary/aromatic N) is 5. The van der Waals surface area contributed by atoms with Gasteiger partial charge < -0.3 is 8.98 Å². The van der Waals surface area contributed by atoms with Crippen molar-refractivity contribution in [3.05, 3.63) is 188 Å². The van der Waals surface area contributed by atoms with E-state index in [1.807, 2.05) is 89.5 Å². The van der Waals surface area contributed by atoms with Crippen molar-refractivity contribution in [3.8, 4) is 45.5 Å². The van der Waals surface area contributed by atoms with Crippen molar-refractivity contribution in [1.29, 1.82) is 0 Å². The van der Waals surface area contributed by atoms with Gasteiger partial charge in [0.25, 0.3) is 0 Å². The third-order valence-electron chi connectivity index (χ3n) is 10.9. The molecular formula is C51H31N5O. The van der Waals surface area contributed by atoms with Crippen LogP contribution in [-0.4, -0.2) is 24.1 Å². The number of hydrogen-bond donors (Lipinski definition) is 0. The molecule has 0 spiro atoms. The predicted octanol–water partition coefficient (Wildman–Crippen LogP) is 13.0. The van der Waals surface area contributed by atoms with Crippen LogP contribution in [-0.2, 0) is 0 Å². The molecule has 0 fully saturated rings. The molecule has 4 heterocycles. The Balaban J connectivity index is 1.14. The monoisotopic (exact) mass is 734 g/mol. The van der Waals surface area contributed by atoms with E-state index in [1.165, 1.54) is 0 Å². The second-order valence-corrected chi connectivity index (χ2v) is 14.0. The third-order valence-corrected chi connectivity index (χ3v) is 10.9. The molecule has 0 N–H and O–H groups in total. The minimum absolute atomic E-state index is 0.0582. The van der Waals surface area contributed by atoms with Crippen molar-refractivity contribution in [2.75, 3.05) is 0 Å². The van der Waals surface area contributed by atoms with Crippen molar-refractivity contribution < 1.29 is 11.3 Å². The van der Waals surface area contributed by atoms with E-state index in [0.29, 0.717) is 16.7 Å². The quantitative estimate of drug-likeness (QED) is 0.177. The number of rotatable bonds is 5. The molecule has 12 rings (SSSR count). The Morgan fingerprint density at radius 2 is 1.05 bits per heavy atom. The summed E-state index contributed by atoms with van der Waals surface area (Å²) in [6, 6.07) is 51.0. The average molecular weight is 735 g/mol. The van der Waals surface area contributed by atoms with Crippen LogP contribution >= 0.6 is 0 Å². The zero-order valence-corrected chi connectivity index (χ0v) is 30.2. The Hall–Kier alpha value is -7.83. The van der Waals surface area contributed by atoms with Crippen LogP contribution in [0.3, 0.4) is 0 Å². The Bertz CT molecular complexity index is 3750. The molecule has 0 bridgehead atoms. The summed E-state index contributed by atoms with van der Waals surface area (Å²) >= 11 is 0. The zero-order chi connectivity index (χ0) is 41.8. The van der Waals surface area contributed by atoms with Gasteiger partial charge in [0.15, 0.2) is 11.6 Å². The van der Waals surface area contributed by atoms with Crippen molar-refractivity contribution in [3.63, 3.8) is 0 Å². The van der Waals surface area contributed by atoms with E-state index in [9.17, 15) is 0 Å². The fourth-order valence-corrected chi connectivity index (χ4v) is 8.43. The highest BCUT2D eigenvalue weighted by molar-refractivity contribution is 6.16. The van der Waals surface area contributed by atoms with Crippen molar-refractivity contribution >= 4 is 65.6 Å². The summed E-state index contributed by atoms with van der Waals surface area (Å²) in [6.45, 7) is 0. The molecule has 0 aliphatic carbocycles. The molecule has 0 aliphatic heterocycles. The first-order chi connectivity index (χ1) is 30.4. The number of fused-ring (bicyclic) bond motifs is 9. The SMILES string of the molecule is [2H]c1c([2H])c([2H])c(-c2nc(-c3cccc4c3oc3cccc(-n5c6ccccc6c6ccc(-c7ccccc7)cc65)c34)nc(-n3c4ccccc4c4ccccc43)n2)c([2H])c1[2H]. The van der Waals surface area contributed by atoms with Gasteiger partial charge in [0.1, 0.15) is 11.2 Å². The van der Waals surface area contributed by atoms with Gasteiger partial charge in [-0.3, -0.25) is 4.57 Å². The molecule has 0 atom stereocenters. The maximum absolute atomic E-state index is 8.93. The smallest absolute Gasteiger partial charge is 0.238 e. The van der Waals surface area contributed by atoms with Crippen LogP contribution in [0.15, 0.2) is 192 Å². The summed E-state index contributed by atoms with van der Waals surface area (Å²) in [6.07, 6.45) is 0. The largest absolute Gasteiger partial charge is 0.455 e. The normalized spacial score (nSPS) is 13.1. The highest BCUT2D eigenvalue weighted by Gasteiger charge is 2.23. The maximum atomic E-state index is 8.93. The Morgan fingerprint density at radius 3 is 1.79 bits per heavy atom. The summed E-state index contributed by atoms with van der Waals surface area (Å²) in [4.78, 5) is 15.0. The molecule has 57 heavy (non-hydrogen) atoms. The van der Waals surface area contributed by atoms with Crippen molar-refractivity contribution in [2.24, 2.45) is 0 Å². The minimum Gasteiger partial charge on any atom is -0.455 e. The lowest BCUT2D eigenvalue weighted by atomic mass is 10.0. The van der Waals surface area contributed by atoms with Crippen LogP contribution in [0.1, 0.15) is 6.85 Å². The fourth-order valence-electron chi connectivity index (χ4n) is 8.43. The van der Waals surface area contributed by atoms with E-state index in [-0.39, 0.29) is 23.2 Å². The molecule has 6 nitrogen and oxygen atoms in total. The Morgan fingerprint density at radius 1 is 0.439 bits per heavy atom. The first-order valence-electron chi connectivity index (χ1n) is 21.2. The summed E-state index contributed by atoms with van der Waals surface area (Å²) in [7, 11) is 0. The van der Waals surface area contributed by atoms with E-state index in [4.69, 9.17) is 26.2 Å². The first-order valence-corrected chi connectivity index (χ1v) is 18.7. The molecule has 6 heteroatoms. The van der Waals surface area contributed by atoms with Crippen molar-refractivity contribution in [1.82, 2.24) is 24.1 Å². The number of aromatic nitrogens is 5. The highest BCUT2D eigenvalue weighted by Crippen LogP contribution is 2.42. The molecule has 0 saturated carbocycles. The molecule has 0 aliphatic rings. The first kappa shape index (κ1) is 26.9.